The number of anilines is 1. The Balaban J connectivity index is 2.30. The molecule has 0 saturated carbocycles. The van der Waals surface area contributed by atoms with Gasteiger partial charge in [0, 0.05) is 7.05 Å². The third-order valence-electron chi connectivity index (χ3n) is 2.58. The lowest BCUT2D eigenvalue weighted by Crippen LogP contribution is -2.05. The van der Waals surface area contributed by atoms with Crippen LogP contribution in [0.4, 0.5) is 11.6 Å². The van der Waals surface area contributed by atoms with Crippen LogP contribution in [0.1, 0.15) is 11.3 Å². The Kier molecular flexibility index (Phi) is 3.66. The van der Waals surface area contributed by atoms with Crippen LogP contribution in [-0.4, -0.2) is 26.7 Å². The van der Waals surface area contributed by atoms with Crippen LogP contribution in [0, 0.1) is 17.0 Å². The molecular formula is C11H12ClN5O2. The Bertz CT molecular complexity index is 626. The van der Waals surface area contributed by atoms with Crippen molar-refractivity contribution in [3.05, 3.63) is 44.7 Å². The van der Waals surface area contributed by atoms with Gasteiger partial charge in [-0.15, -0.1) is 0 Å². The van der Waals surface area contributed by atoms with Crippen molar-refractivity contribution in [3.63, 3.8) is 0 Å². The first-order chi connectivity index (χ1) is 9.01. The van der Waals surface area contributed by atoms with Gasteiger partial charge in [-0.25, -0.2) is 4.98 Å². The molecule has 0 unspecified atom stereocenters. The molecule has 1 N–H and O–H groups in total. The minimum absolute atomic E-state index is 0.152. The minimum atomic E-state index is -0.509. The van der Waals surface area contributed by atoms with E-state index in [1.54, 1.807) is 32.3 Å². The minimum Gasteiger partial charge on any atom is -0.373 e. The van der Waals surface area contributed by atoms with Gasteiger partial charge in [0.1, 0.15) is 12.4 Å². The molecule has 2 aromatic rings. The standard InChI is InChI=1S/C11H12ClN5O2/c1-7-5-16(15-11(7)17(18)19)6-9-8(12)3-4-10(13-2)14-9/h3-5H,6H2,1-2H3,(H,13,14). The van der Waals surface area contributed by atoms with Crippen molar-refractivity contribution in [2.75, 3.05) is 12.4 Å². The quantitative estimate of drug-likeness (QED) is 0.686. The van der Waals surface area contributed by atoms with Gasteiger partial charge >= 0.3 is 5.82 Å². The second-order valence-corrected chi connectivity index (χ2v) is 4.37. The van der Waals surface area contributed by atoms with Gasteiger partial charge in [0.15, 0.2) is 0 Å². The van der Waals surface area contributed by atoms with Gasteiger partial charge in [0.05, 0.1) is 27.6 Å². The van der Waals surface area contributed by atoms with Crippen molar-refractivity contribution in [2.24, 2.45) is 0 Å². The molecule has 8 heteroatoms. The topological polar surface area (TPSA) is 85.9 Å². The number of nitro groups is 1. The third-order valence-corrected chi connectivity index (χ3v) is 2.92. The summed E-state index contributed by atoms with van der Waals surface area (Å²) >= 11 is 6.05. The molecule has 7 nitrogen and oxygen atoms in total. The molecule has 0 amide bonds. The maximum Gasteiger partial charge on any atom is 0.392 e. The summed E-state index contributed by atoms with van der Waals surface area (Å²) in [7, 11) is 1.75. The fourth-order valence-electron chi connectivity index (χ4n) is 1.66. The molecule has 19 heavy (non-hydrogen) atoms. The van der Waals surface area contributed by atoms with E-state index in [0.29, 0.717) is 22.1 Å². The molecule has 100 valence electrons. The van der Waals surface area contributed by atoms with E-state index in [1.165, 1.54) is 4.68 Å². The molecule has 0 saturated heterocycles. The lowest BCUT2D eigenvalue weighted by molar-refractivity contribution is -0.390. The fraction of sp³-hybridized carbons (Fsp3) is 0.273. The maximum absolute atomic E-state index is 10.7. The summed E-state index contributed by atoms with van der Waals surface area (Å²) in [5.74, 6) is 0.527. The second-order valence-electron chi connectivity index (χ2n) is 3.97. The Hall–Kier alpha value is -2.15. The van der Waals surface area contributed by atoms with E-state index in [1.807, 2.05) is 0 Å². The maximum atomic E-state index is 10.7. The number of nitrogens with zero attached hydrogens (tertiary/aromatic N) is 4. The number of hydrogen-bond donors (Lipinski definition) is 1. The molecule has 0 fully saturated rings. The molecule has 0 radical (unpaired) electrons. The number of halogens is 1. The lowest BCUT2D eigenvalue weighted by atomic mass is 10.3. The first kappa shape index (κ1) is 13.3. The predicted molar refractivity (Wildman–Crippen MR) is 71.5 cm³/mol. The Morgan fingerprint density at radius 1 is 1.53 bits per heavy atom. The van der Waals surface area contributed by atoms with Gasteiger partial charge in [0.2, 0.25) is 0 Å². The summed E-state index contributed by atoms with van der Waals surface area (Å²) < 4.78 is 1.46. The van der Waals surface area contributed by atoms with Crippen molar-refractivity contribution in [3.8, 4) is 0 Å². The normalized spacial score (nSPS) is 10.5. The Morgan fingerprint density at radius 3 is 2.84 bits per heavy atom. The fourth-order valence-corrected chi connectivity index (χ4v) is 1.83. The lowest BCUT2D eigenvalue weighted by Gasteiger charge is -2.04. The van der Waals surface area contributed by atoms with Crippen molar-refractivity contribution >= 4 is 23.2 Å². The number of aryl methyl sites for hydroxylation is 1. The van der Waals surface area contributed by atoms with Gasteiger partial charge in [0.25, 0.3) is 0 Å². The molecule has 0 aromatic carbocycles. The summed E-state index contributed by atoms with van der Waals surface area (Å²) in [6, 6.07) is 3.48. The average molecular weight is 282 g/mol. The molecule has 2 heterocycles. The van der Waals surface area contributed by atoms with E-state index < -0.39 is 4.92 Å². The Labute approximate surface area is 114 Å². The number of aromatic nitrogens is 3. The number of pyridine rings is 1. The van der Waals surface area contributed by atoms with Crippen molar-refractivity contribution in [1.29, 1.82) is 0 Å². The van der Waals surface area contributed by atoms with Gasteiger partial charge in [-0.05, 0) is 24.0 Å². The summed E-state index contributed by atoms with van der Waals surface area (Å²) in [6.45, 7) is 1.92. The molecular weight excluding hydrogens is 270 g/mol. The highest BCUT2D eigenvalue weighted by atomic mass is 35.5. The average Bonchev–Trinajstić information content (AvgIpc) is 2.73. The first-order valence-electron chi connectivity index (χ1n) is 5.53. The summed E-state index contributed by atoms with van der Waals surface area (Å²) in [4.78, 5) is 14.5. The first-order valence-corrected chi connectivity index (χ1v) is 5.90. The molecule has 0 aliphatic heterocycles. The zero-order valence-corrected chi connectivity index (χ0v) is 11.2. The smallest absolute Gasteiger partial charge is 0.373 e. The molecule has 0 bridgehead atoms. The summed E-state index contributed by atoms with van der Waals surface area (Å²) in [5.41, 5.74) is 1.11. The number of hydrogen-bond acceptors (Lipinski definition) is 5. The number of rotatable bonds is 4. The predicted octanol–water partition coefficient (Wildman–Crippen LogP) is 2.24. The highest BCUT2D eigenvalue weighted by molar-refractivity contribution is 6.31. The molecule has 2 aromatic heterocycles. The zero-order valence-electron chi connectivity index (χ0n) is 10.4. The van der Waals surface area contributed by atoms with E-state index in [4.69, 9.17) is 11.6 Å². The van der Waals surface area contributed by atoms with Gasteiger partial charge in [-0.1, -0.05) is 11.6 Å². The molecule has 2 rings (SSSR count). The highest BCUT2D eigenvalue weighted by Gasteiger charge is 2.18. The van der Waals surface area contributed by atoms with E-state index in [9.17, 15) is 10.1 Å². The van der Waals surface area contributed by atoms with E-state index >= 15 is 0 Å². The monoisotopic (exact) mass is 281 g/mol. The number of nitrogens with one attached hydrogen (secondary N) is 1. The van der Waals surface area contributed by atoms with E-state index in [0.717, 1.165) is 0 Å². The second kappa shape index (κ2) is 5.23. The van der Waals surface area contributed by atoms with Crippen LogP contribution in [0.3, 0.4) is 0 Å². The molecule has 0 aliphatic rings. The Morgan fingerprint density at radius 2 is 2.26 bits per heavy atom. The van der Waals surface area contributed by atoms with Gasteiger partial charge in [-0.2, -0.15) is 4.68 Å². The van der Waals surface area contributed by atoms with E-state index in [2.05, 4.69) is 15.4 Å². The van der Waals surface area contributed by atoms with Crippen LogP contribution < -0.4 is 5.32 Å². The van der Waals surface area contributed by atoms with Crippen LogP contribution in [0.25, 0.3) is 0 Å². The van der Waals surface area contributed by atoms with Gasteiger partial charge in [-0.3, -0.25) is 0 Å². The van der Waals surface area contributed by atoms with Crippen LogP contribution in [-0.2, 0) is 6.54 Å². The van der Waals surface area contributed by atoms with Gasteiger partial charge < -0.3 is 15.4 Å². The highest BCUT2D eigenvalue weighted by Crippen LogP contribution is 2.19. The summed E-state index contributed by atoms with van der Waals surface area (Å²) in [6.07, 6.45) is 1.60. The van der Waals surface area contributed by atoms with Crippen molar-refractivity contribution in [2.45, 2.75) is 13.5 Å². The van der Waals surface area contributed by atoms with Crippen LogP contribution >= 0.6 is 11.6 Å². The third kappa shape index (κ3) is 2.82. The largest absolute Gasteiger partial charge is 0.392 e. The molecule has 0 aliphatic carbocycles. The van der Waals surface area contributed by atoms with Crippen LogP contribution in [0.15, 0.2) is 18.3 Å². The molecule has 0 spiro atoms. The summed E-state index contributed by atoms with van der Waals surface area (Å²) in [5, 5.41) is 18.0. The SMILES string of the molecule is CNc1ccc(Cl)c(Cn2cc(C)c([N+](=O)[O-])n2)n1. The molecule has 0 atom stereocenters. The van der Waals surface area contributed by atoms with Crippen molar-refractivity contribution in [1.82, 2.24) is 14.8 Å². The van der Waals surface area contributed by atoms with Crippen LogP contribution in [0.2, 0.25) is 5.02 Å². The zero-order chi connectivity index (χ0) is 14.0. The van der Waals surface area contributed by atoms with Crippen LogP contribution in [0.5, 0.6) is 0 Å². The van der Waals surface area contributed by atoms with Crippen molar-refractivity contribution < 1.29 is 4.92 Å². The van der Waals surface area contributed by atoms with E-state index in [-0.39, 0.29) is 12.4 Å².